The predicted octanol–water partition coefficient (Wildman–Crippen LogP) is 4.90. The van der Waals surface area contributed by atoms with Gasteiger partial charge in [-0.05, 0) is 54.8 Å². The van der Waals surface area contributed by atoms with Crippen molar-refractivity contribution < 1.29 is 26.9 Å². The molecule has 5 rings (SSSR count). The van der Waals surface area contributed by atoms with Crippen molar-refractivity contribution in [2.24, 2.45) is 5.73 Å². The van der Waals surface area contributed by atoms with Crippen LogP contribution in [-0.2, 0) is 25.8 Å². The molecule has 0 bridgehead atoms. The second kappa shape index (κ2) is 13.7. The number of benzene rings is 3. The molecule has 2 heterocycles. The first-order valence-electron chi connectivity index (χ1n) is 15.1. The molecule has 10 nitrogen and oxygen atoms in total. The molecule has 15 heteroatoms. The molecule has 0 spiro atoms. The van der Waals surface area contributed by atoms with Crippen LogP contribution in [0.25, 0.3) is 0 Å². The zero-order valence-electron chi connectivity index (χ0n) is 26.1. The number of nitro groups is 1. The Morgan fingerprint density at radius 1 is 0.917 bits per heavy atom. The van der Waals surface area contributed by atoms with E-state index in [9.17, 15) is 41.7 Å². The molecule has 254 valence electrons. The summed E-state index contributed by atoms with van der Waals surface area (Å²) < 4.78 is 72.7. The second-order valence-electron chi connectivity index (χ2n) is 11.8. The minimum atomic E-state index is -4.92. The highest BCUT2D eigenvalue weighted by atomic mass is 19.4. The van der Waals surface area contributed by atoms with Gasteiger partial charge < -0.3 is 10.6 Å². The number of hydrogen-bond donors (Lipinski definition) is 1. The molecule has 0 radical (unpaired) electrons. The summed E-state index contributed by atoms with van der Waals surface area (Å²) in [6, 6.07) is 11.8. The Labute approximate surface area is 271 Å². The summed E-state index contributed by atoms with van der Waals surface area (Å²) in [7, 11) is 0. The van der Waals surface area contributed by atoms with Gasteiger partial charge >= 0.3 is 11.9 Å². The SMILES string of the molecule is Cc1cc(F)cc(C(N)Cn2c(=O)c(N3CCN(Cc4cccc([N+](=O)[O-])c4)CC3)c(C)n(Cc3c(F)cccc3C(F)(F)F)c2=O)c1. The molecule has 1 unspecified atom stereocenters. The summed E-state index contributed by atoms with van der Waals surface area (Å²) in [6.45, 7) is 3.58. The number of hydrogen-bond acceptors (Lipinski definition) is 7. The fraction of sp³-hybridized carbons (Fsp3) is 0.333. The Morgan fingerprint density at radius 2 is 1.60 bits per heavy atom. The quantitative estimate of drug-likeness (QED) is 0.153. The Bertz CT molecular complexity index is 1950. The number of aromatic nitrogens is 2. The standard InChI is InChI=1S/C33H33F5N6O4/c1-20-13-23(16-24(34)14-20)29(39)19-43-31(45)30(41-11-9-40(10-12-41)17-22-5-3-6-25(15-22)44(47)48)21(2)42(32(43)46)18-26-27(33(36,37)38)7-4-8-28(26)35/h3-8,13-16,29H,9-12,17-19,39H2,1-2H3. The number of aryl methyl sites for hydroxylation is 1. The number of nitrogens with two attached hydrogens (primary N) is 1. The van der Waals surface area contributed by atoms with E-state index in [4.69, 9.17) is 5.73 Å². The molecule has 0 aliphatic carbocycles. The highest BCUT2D eigenvalue weighted by Crippen LogP contribution is 2.34. The molecule has 3 aromatic carbocycles. The molecule has 1 aliphatic rings. The number of piperazine rings is 1. The van der Waals surface area contributed by atoms with Crippen LogP contribution in [0, 0.1) is 35.6 Å². The summed E-state index contributed by atoms with van der Waals surface area (Å²) in [5.74, 6) is -1.74. The molecule has 1 aliphatic heterocycles. The van der Waals surface area contributed by atoms with Gasteiger partial charge in [0.25, 0.3) is 11.2 Å². The molecular formula is C33H33F5N6O4. The summed E-state index contributed by atoms with van der Waals surface area (Å²) in [5, 5.41) is 11.2. The first-order valence-corrected chi connectivity index (χ1v) is 15.1. The Balaban J connectivity index is 1.53. The maximum atomic E-state index is 15.0. The highest BCUT2D eigenvalue weighted by molar-refractivity contribution is 5.50. The van der Waals surface area contributed by atoms with E-state index < -0.39 is 64.2 Å². The maximum absolute atomic E-state index is 15.0. The Kier molecular flexibility index (Phi) is 9.82. The van der Waals surface area contributed by atoms with Gasteiger partial charge in [0, 0.05) is 62.2 Å². The van der Waals surface area contributed by atoms with Gasteiger partial charge in [-0.3, -0.25) is 28.9 Å². The molecule has 1 saturated heterocycles. The first kappa shape index (κ1) is 34.4. The number of alkyl halides is 3. The number of rotatable bonds is 9. The monoisotopic (exact) mass is 672 g/mol. The smallest absolute Gasteiger partial charge is 0.363 e. The van der Waals surface area contributed by atoms with Gasteiger partial charge in [0.05, 0.1) is 23.6 Å². The van der Waals surface area contributed by atoms with Crippen molar-refractivity contribution in [3.63, 3.8) is 0 Å². The lowest BCUT2D eigenvalue weighted by atomic mass is 10.0. The Morgan fingerprint density at radius 3 is 2.25 bits per heavy atom. The lowest BCUT2D eigenvalue weighted by Crippen LogP contribution is -2.51. The van der Waals surface area contributed by atoms with Gasteiger partial charge in [-0.15, -0.1) is 0 Å². The van der Waals surface area contributed by atoms with Gasteiger partial charge in [0.15, 0.2) is 0 Å². The molecule has 48 heavy (non-hydrogen) atoms. The summed E-state index contributed by atoms with van der Waals surface area (Å²) in [5.41, 5.74) is 4.21. The van der Waals surface area contributed by atoms with Crippen LogP contribution in [0.3, 0.4) is 0 Å². The van der Waals surface area contributed by atoms with Crippen LogP contribution in [0.1, 0.15) is 39.6 Å². The predicted molar refractivity (Wildman–Crippen MR) is 169 cm³/mol. The van der Waals surface area contributed by atoms with Crippen LogP contribution in [0.5, 0.6) is 0 Å². The van der Waals surface area contributed by atoms with Gasteiger partial charge in [0.1, 0.15) is 17.3 Å². The van der Waals surface area contributed by atoms with Crippen molar-refractivity contribution in [2.45, 2.75) is 45.7 Å². The summed E-state index contributed by atoms with van der Waals surface area (Å²) in [4.78, 5) is 42.3. The van der Waals surface area contributed by atoms with Gasteiger partial charge in [-0.2, -0.15) is 13.2 Å². The van der Waals surface area contributed by atoms with Crippen molar-refractivity contribution in [3.8, 4) is 0 Å². The van der Waals surface area contributed by atoms with Crippen LogP contribution >= 0.6 is 0 Å². The van der Waals surface area contributed by atoms with Crippen LogP contribution in [0.4, 0.5) is 33.3 Å². The Hall–Kier alpha value is -4.89. The van der Waals surface area contributed by atoms with Crippen LogP contribution < -0.4 is 21.9 Å². The topological polar surface area (TPSA) is 120 Å². The highest BCUT2D eigenvalue weighted by Gasteiger charge is 2.35. The van der Waals surface area contributed by atoms with E-state index in [1.807, 2.05) is 4.90 Å². The maximum Gasteiger partial charge on any atom is 0.416 e. The lowest BCUT2D eigenvalue weighted by molar-refractivity contribution is -0.384. The van der Waals surface area contributed by atoms with E-state index in [0.717, 1.165) is 32.9 Å². The molecule has 2 N–H and O–H groups in total. The molecular weight excluding hydrogens is 639 g/mol. The minimum absolute atomic E-state index is 0.0390. The summed E-state index contributed by atoms with van der Waals surface area (Å²) >= 11 is 0. The van der Waals surface area contributed by atoms with Gasteiger partial charge in [-0.25, -0.2) is 13.6 Å². The van der Waals surface area contributed by atoms with E-state index >= 15 is 0 Å². The van der Waals surface area contributed by atoms with Gasteiger partial charge in [0.2, 0.25) is 0 Å². The van der Waals surface area contributed by atoms with E-state index in [2.05, 4.69) is 0 Å². The third-order valence-corrected chi connectivity index (χ3v) is 8.49. The number of anilines is 1. The fourth-order valence-corrected chi connectivity index (χ4v) is 6.08. The summed E-state index contributed by atoms with van der Waals surface area (Å²) in [6.07, 6.45) is -4.92. The zero-order valence-corrected chi connectivity index (χ0v) is 26.1. The van der Waals surface area contributed by atoms with E-state index in [-0.39, 0.29) is 30.2 Å². The van der Waals surface area contributed by atoms with Crippen molar-refractivity contribution in [3.05, 3.63) is 137 Å². The van der Waals surface area contributed by atoms with Crippen molar-refractivity contribution in [2.75, 3.05) is 31.1 Å². The van der Waals surface area contributed by atoms with Crippen molar-refractivity contribution in [1.82, 2.24) is 14.0 Å². The first-order chi connectivity index (χ1) is 22.6. The lowest BCUT2D eigenvalue weighted by Gasteiger charge is -2.37. The molecule has 1 fully saturated rings. The second-order valence-corrected chi connectivity index (χ2v) is 11.8. The molecule has 1 aromatic heterocycles. The largest absolute Gasteiger partial charge is 0.416 e. The average molecular weight is 673 g/mol. The molecule has 4 aromatic rings. The number of nitrogens with zero attached hydrogens (tertiary/aromatic N) is 5. The fourth-order valence-electron chi connectivity index (χ4n) is 6.08. The molecule has 1 atom stereocenters. The van der Waals surface area contributed by atoms with Crippen molar-refractivity contribution >= 4 is 11.4 Å². The normalized spacial score (nSPS) is 14.7. The van der Waals surface area contributed by atoms with Gasteiger partial charge in [-0.1, -0.05) is 24.3 Å². The number of halogens is 5. The van der Waals surface area contributed by atoms with Crippen molar-refractivity contribution in [1.29, 1.82) is 0 Å². The third kappa shape index (κ3) is 7.31. The van der Waals surface area contributed by atoms with E-state index in [1.54, 1.807) is 30.0 Å². The zero-order chi connectivity index (χ0) is 34.9. The minimum Gasteiger partial charge on any atom is -0.363 e. The number of nitro benzene ring substituents is 1. The van der Waals surface area contributed by atoms with E-state index in [1.165, 1.54) is 31.2 Å². The number of non-ortho nitro benzene ring substituents is 1. The molecule has 0 amide bonds. The van der Waals surface area contributed by atoms with Crippen LogP contribution in [-0.4, -0.2) is 45.1 Å². The molecule has 0 saturated carbocycles. The van der Waals surface area contributed by atoms with E-state index in [0.29, 0.717) is 30.8 Å². The third-order valence-electron chi connectivity index (χ3n) is 8.49. The average Bonchev–Trinajstić information content (AvgIpc) is 3.02. The van der Waals surface area contributed by atoms with Crippen LogP contribution in [0.2, 0.25) is 0 Å². The van der Waals surface area contributed by atoms with Crippen LogP contribution in [0.15, 0.2) is 70.3 Å².